The van der Waals surface area contributed by atoms with E-state index in [2.05, 4.69) is 15.1 Å². The number of benzene rings is 3. The first-order valence-electron chi connectivity index (χ1n) is 14.8. The summed E-state index contributed by atoms with van der Waals surface area (Å²) in [5.74, 6) is -2.60. The fourth-order valence-electron chi connectivity index (χ4n) is 6.14. The van der Waals surface area contributed by atoms with Gasteiger partial charge in [-0.1, -0.05) is 23.8 Å². The van der Waals surface area contributed by atoms with E-state index >= 15 is 0 Å². The van der Waals surface area contributed by atoms with Gasteiger partial charge in [0, 0.05) is 18.4 Å². The molecule has 7 rings (SSSR count). The SMILES string of the molecule is Cc1ccc(S(=O)(=O)n2c(C(=O)c3cnn(-c4ccc5[nH]c(C)nc5c4)c3N)cc3cc(CN4CCCC(F)(F)C4)ccc32)cc1. The van der Waals surface area contributed by atoms with Crippen LogP contribution in [0.5, 0.6) is 0 Å². The van der Waals surface area contributed by atoms with Crippen LogP contribution >= 0.6 is 0 Å². The zero-order chi connectivity index (χ0) is 32.4. The number of halogens is 2. The Morgan fingerprint density at radius 2 is 1.83 bits per heavy atom. The third kappa shape index (κ3) is 5.24. The molecule has 1 aliphatic heterocycles. The highest BCUT2D eigenvalue weighted by molar-refractivity contribution is 7.90. The molecule has 0 spiro atoms. The first-order chi connectivity index (χ1) is 21.9. The van der Waals surface area contributed by atoms with E-state index in [0.29, 0.717) is 29.6 Å². The second kappa shape index (κ2) is 10.9. The average molecular weight is 644 g/mol. The molecule has 0 radical (unpaired) electrons. The molecule has 3 aromatic carbocycles. The summed E-state index contributed by atoms with van der Waals surface area (Å²) in [5, 5.41) is 4.84. The number of aromatic nitrogens is 5. The number of fused-ring (bicyclic) bond motifs is 2. The molecule has 0 unspecified atom stereocenters. The third-order valence-electron chi connectivity index (χ3n) is 8.37. The van der Waals surface area contributed by atoms with Gasteiger partial charge in [0.2, 0.25) is 5.78 Å². The van der Waals surface area contributed by atoms with Crippen molar-refractivity contribution < 1.29 is 22.0 Å². The number of piperidine rings is 1. The number of nitrogens with two attached hydrogens (primary N) is 1. The zero-order valence-electron chi connectivity index (χ0n) is 25.2. The fourth-order valence-corrected chi connectivity index (χ4v) is 7.65. The van der Waals surface area contributed by atoms with Gasteiger partial charge in [-0.05, 0) is 80.9 Å². The van der Waals surface area contributed by atoms with Crippen LogP contribution in [0.15, 0.2) is 77.8 Å². The number of nitrogens with zero attached hydrogens (tertiary/aromatic N) is 5. The van der Waals surface area contributed by atoms with Crippen LogP contribution in [0.1, 0.15) is 45.8 Å². The standard InChI is InChI=1S/C33H31F2N7O3S/c1-20-4-8-25(9-5-20)46(44,45)42-29-11-6-22(18-40-13-3-12-33(34,35)19-40)14-23(29)15-30(42)31(43)26-17-37-41(32(26)36)24-7-10-27-28(16-24)39-21(2)38-27/h4-11,14-17H,3,12-13,18-19,36H2,1-2H3,(H,38,39). The monoisotopic (exact) mass is 643 g/mol. The molecule has 6 aromatic rings. The minimum atomic E-state index is -4.25. The maximum atomic E-state index is 14.2. The van der Waals surface area contributed by atoms with Crippen LogP contribution in [0.25, 0.3) is 27.6 Å². The second-order valence-corrected chi connectivity index (χ2v) is 13.7. The van der Waals surface area contributed by atoms with E-state index in [0.717, 1.165) is 26.4 Å². The molecular weight excluding hydrogens is 612 g/mol. The van der Waals surface area contributed by atoms with Gasteiger partial charge in [0.05, 0.1) is 45.4 Å². The Bertz CT molecular complexity index is 2250. The predicted octanol–water partition coefficient (Wildman–Crippen LogP) is 5.60. The van der Waals surface area contributed by atoms with E-state index in [-0.39, 0.29) is 47.0 Å². The number of nitrogen functional groups attached to an aromatic ring is 1. The molecule has 1 aliphatic rings. The number of likely N-dealkylation sites (tertiary alicyclic amines) is 1. The van der Waals surface area contributed by atoms with Gasteiger partial charge in [0.25, 0.3) is 15.9 Å². The van der Waals surface area contributed by atoms with E-state index in [9.17, 15) is 22.0 Å². The molecule has 13 heteroatoms. The topological polar surface area (TPSA) is 132 Å². The van der Waals surface area contributed by atoms with Crippen molar-refractivity contribution in [3.8, 4) is 5.69 Å². The van der Waals surface area contributed by atoms with Crippen molar-refractivity contribution >= 4 is 43.6 Å². The molecule has 236 valence electrons. The van der Waals surface area contributed by atoms with Gasteiger partial charge in [-0.15, -0.1) is 0 Å². The molecule has 3 aromatic heterocycles. The van der Waals surface area contributed by atoms with Crippen molar-refractivity contribution in [2.75, 3.05) is 18.8 Å². The minimum absolute atomic E-state index is 0.00976. The lowest BCUT2D eigenvalue weighted by Crippen LogP contribution is -2.41. The number of nitrogens with one attached hydrogen (secondary N) is 1. The van der Waals surface area contributed by atoms with Crippen LogP contribution in [0.2, 0.25) is 0 Å². The lowest BCUT2D eigenvalue weighted by atomic mass is 10.1. The third-order valence-corrected chi connectivity index (χ3v) is 10.1. The van der Waals surface area contributed by atoms with Gasteiger partial charge < -0.3 is 10.7 Å². The first-order valence-corrected chi connectivity index (χ1v) is 16.3. The van der Waals surface area contributed by atoms with Crippen molar-refractivity contribution in [2.24, 2.45) is 0 Å². The van der Waals surface area contributed by atoms with Gasteiger partial charge in [-0.3, -0.25) is 9.69 Å². The van der Waals surface area contributed by atoms with Crippen molar-refractivity contribution in [3.05, 3.63) is 101 Å². The Morgan fingerprint density at radius 1 is 1.04 bits per heavy atom. The second-order valence-electron chi connectivity index (χ2n) is 11.9. The van der Waals surface area contributed by atoms with Crippen LogP contribution < -0.4 is 5.73 Å². The molecule has 0 saturated carbocycles. The Labute approximate surface area is 263 Å². The van der Waals surface area contributed by atoms with Crippen LogP contribution in [-0.2, 0) is 16.6 Å². The molecule has 0 aliphatic carbocycles. The lowest BCUT2D eigenvalue weighted by Gasteiger charge is -2.32. The summed E-state index contributed by atoms with van der Waals surface area (Å²) in [4.78, 5) is 23.5. The fraction of sp³-hybridized carbons (Fsp3) is 0.242. The molecule has 10 nitrogen and oxygen atoms in total. The lowest BCUT2D eigenvalue weighted by molar-refractivity contribution is -0.0661. The van der Waals surface area contributed by atoms with E-state index < -0.39 is 21.7 Å². The van der Waals surface area contributed by atoms with Gasteiger partial charge in [0.15, 0.2) is 0 Å². The Kier molecular flexibility index (Phi) is 7.05. The summed E-state index contributed by atoms with van der Waals surface area (Å²) in [7, 11) is -4.25. The Balaban J connectivity index is 1.32. The number of carbonyl (C=O) groups excluding carboxylic acids is 1. The highest BCUT2D eigenvalue weighted by atomic mass is 32.2. The van der Waals surface area contributed by atoms with E-state index in [1.807, 2.05) is 19.9 Å². The predicted molar refractivity (Wildman–Crippen MR) is 171 cm³/mol. The maximum Gasteiger partial charge on any atom is 0.268 e. The van der Waals surface area contributed by atoms with Crippen molar-refractivity contribution in [1.29, 1.82) is 0 Å². The van der Waals surface area contributed by atoms with E-state index in [1.54, 1.807) is 47.4 Å². The molecule has 0 bridgehead atoms. The summed E-state index contributed by atoms with van der Waals surface area (Å²) in [6.45, 7) is 4.16. The number of rotatable bonds is 7. The smallest absolute Gasteiger partial charge is 0.268 e. The number of ketones is 1. The van der Waals surface area contributed by atoms with Gasteiger partial charge in [-0.2, -0.15) is 5.10 Å². The Hall–Kier alpha value is -4.88. The Morgan fingerprint density at radius 3 is 2.59 bits per heavy atom. The van der Waals surface area contributed by atoms with Crippen molar-refractivity contribution in [3.63, 3.8) is 0 Å². The van der Waals surface area contributed by atoms with Crippen LogP contribution in [0.3, 0.4) is 0 Å². The van der Waals surface area contributed by atoms with Gasteiger partial charge in [0.1, 0.15) is 17.3 Å². The minimum Gasteiger partial charge on any atom is -0.383 e. The molecule has 1 fully saturated rings. The number of aromatic amines is 1. The zero-order valence-corrected chi connectivity index (χ0v) is 26.0. The molecule has 46 heavy (non-hydrogen) atoms. The number of hydrogen-bond acceptors (Lipinski definition) is 7. The van der Waals surface area contributed by atoms with E-state index in [1.165, 1.54) is 29.1 Å². The van der Waals surface area contributed by atoms with E-state index in [4.69, 9.17) is 5.73 Å². The maximum absolute atomic E-state index is 14.2. The van der Waals surface area contributed by atoms with Crippen molar-refractivity contribution in [2.45, 2.75) is 44.1 Å². The molecule has 0 amide bonds. The molecule has 0 atom stereocenters. The highest BCUT2D eigenvalue weighted by Crippen LogP contribution is 2.32. The summed E-state index contributed by atoms with van der Waals surface area (Å²) in [6, 6.07) is 18.4. The normalized spacial score (nSPS) is 15.6. The number of alkyl halides is 2. The largest absolute Gasteiger partial charge is 0.383 e. The highest BCUT2D eigenvalue weighted by Gasteiger charge is 2.35. The summed E-state index contributed by atoms with van der Waals surface area (Å²) >= 11 is 0. The number of anilines is 1. The number of hydrogen-bond donors (Lipinski definition) is 2. The number of aryl methyl sites for hydroxylation is 2. The number of carbonyl (C=O) groups is 1. The van der Waals surface area contributed by atoms with Gasteiger partial charge in [-0.25, -0.2) is 30.8 Å². The van der Waals surface area contributed by atoms with Gasteiger partial charge >= 0.3 is 0 Å². The number of imidazole rings is 1. The summed E-state index contributed by atoms with van der Waals surface area (Å²) in [5.41, 5.74) is 10.4. The molecule has 3 N–H and O–H groups in total. The average Bonchev–Trinajstić information content (AvgIpc) is 3.69. The van der Waals surface area contributed by atoms with Crippen molar-refractivity contribution in [1.82, 2.24) is 28.6 Å². The molecule has 4 heterocycles. The molecule has 1 saturated heterocycles. The number of H-pyrrole nitrogens is 1. The molecular formula is C33H31F2N7O3S. The quantitative estimate of drug-likeness (QED) is 0.217. The van der Waals surface area contributed by atoms with Crippen LogP contribution in [-0.4, -0.2) is 61.8 Å². The van der Waals surface area contributed by atoms with Crippen LogP contribution in [0.4, 0.5) is 14.6 Å². The summed E-state index contributed by atoms with van der Waals surface area (Å²) < 4.78 is 58.9. The summed E-state index contributed by atoms with van der Waals surface area (Å²) in [6.07, 6.45) is 1.58. The first kappa shape index (κ1) is 29.8. The van der Waals surface area contributed by atoms with Crippen LogP contribution in [0, 0.1) is 13.8 Å².